The van der Waals surface area contributed by atoms with Crippen molar-refractivity contribution in [1.29, 1.82) is 0 Å². The minimum atomic E-state index is 0.0789. The molecule has 130 valence electrons. The molecule has 1 fully saturated rings. The van der Waals surface area contributed by atoms with Crippen molar-refractivity contribution >= 4 is 16.9 Å². The van der Waals surface area contributed by atoms with Crippen LogP contribution in [0, 0.1) is 0 Å². The number of H-pyrrole nitrogens is 1. The molecule has 6 nitrogen and oxygen atoms in total. The molecule has 4 heterocycles. The van der Waals surface area contributed by atoms with Gasteiger partial charge in [-0.2, -0.15) is 0 Å². The second-order valence-corrected chi connectivity index (χ2v) is 7.00. The summed E-state index contributed by atoms with van der Waals surface area (Å²) in [5.41, 5.74) is 1.47. The van der Waals surface area contributed by atoms with E-state index in [2.05, 4.69) is 33.4 Å². The van der Waals surface area contributed by atoms with Gasteiger partial charge in [-0.05, 0) is 25.0 Å². The number of nitrogens with one attached hydrogen (secondary N) is 1. The maximum absolute atomic E-state index is 13.1. The van der Waals surface area contributed by atoms with Crippen molar-refractivity contribution in [1.82, 2.24) is 24.4 Å². The summed E-state index contributed by atoms with van der Waals surface area (Å²) in [6.07, 6.45) is 9.50. The van der Waals surface area contributed by atoms with Gasteiger partial charge in [-0.15, -0.1) is 0 Å². The molecule has 0 aromatic carbocycles. The number of aromatic nitrogens is 4. The Labute approximate surface area is 146 Å². The zero-order valence-corrected chi connectivity index (χ0v) is 14.6. The second-order valence-electron chi connectivity index (χ2n) is 7.00. The highest BCUT2D eigenvalue weighted by Gasteiger charge is 2.28. The molecule has 3 aromatic heterocycles. The molecule has 0 bridgehead atoms. The predicted octanol–water partition coefficient (Wildman–Crippen LogP) is 3.36. The van der Waals surface area contributed by atoms with Crippen molar-refractivity contribution in [2.24, 2.45) is 0 Å². The zero-order valence-electron chi connectivity index (χ0n) is 14.6. The van der Waals surface area contributed by atoms with Crippen molar-refractivity contribution < 1.29 is 4.79 Å². The Morgan fingerprint density at radius 1 is 1.32 bits per heavy atom. The van der Waals surface area contributed by atoms with E-state index in [0.717, 1.165) is 42.8 Å². The van der Waals surface area contributed by atoms with Gasteiger partial charge in [0.05, 0.1) is 11.6 Å². The van der Waals surface area contributed by atoms with Crippen LogP contribution in [0.15, 0.2) is 36.9 Å². The first kappa shape index (κ1) is 15.9. The molecular weight excluding hydrogens is 314 g/mol. The van der Waals surface area contributed by atoms with Gasteiger partial charge < -0.3 is 14.5 Å². The lowest BCUT2D eigenvalue weighted by Gasteiger charge is -2.34. The Kier molecular flexibility index (Phi) is 4.03. The summed E-state index contributed by atoms with van der Waals surface area (Å²) in [5, 5.41) is 0.889. The molecule has 6 heteroatoms. The van der Waals surface area contributed by atoms with Crippen molar-refractivity contribution in [2.75, 3.05) is 13.1 Å². The second kappa shape index (κ2) is 6.35. The standard InChI is InChI=1S/C19H23N5O/c1-13(2)18-21-8-10-24(18)14-5-4-9-23(12-14)19(25)16-11-22-17-15(16)6-3-7-20-17/h3,6-8,10-11,13-14H,4-5,9,12H2,1-2H3,(H,20,22). The summed E-state index contributed by atoms with van der Waals surface area (Å²) < 4.78 is 2.25. The van der Waals surface area contributed by atoms with Crippen molar-refractivity contribution in [3.63, 3.8) is 0 Å². The van der Waals surface area contributed by atoms with Crippen LogP contribution >= 0.6 is 0 Å². The molecule has 1 unspecified atom stereocenters. The lowest BCUT2D eigenvalue weighted by Crippen LogP contribution is -2.41. The fraction of sp³-hybridized carbons (Fsp3) is 0.421. The average molecular weight is 337 g/mol. The van der Waals surface area contributed by atoms with Crippen LogP contribution in [0.1, 0.15) is 54.8 Å². The highest BCUT2D eigenvalue weighted by Crippen LogP contribution is 2.27. The van der Waals surface area contributed by atoms with Crippen molar-refractivity contribution in [3.05, 3.63) is 48.3 Å². The lowest BCUT2D eigenvalue weighted by molar-refractivity contribution is 0.0679. The number of carbonyl (C=O) groups is 1. The van der Waals surface area contributed by atoms with E-state index in [1.54, 1.807) is 12.4 Å². The third-order valence-electron chi connectivity index (χ3n) is 4.97. The molecule has 0 spiro atoms. The Morgan fingerprint density at radius 3 is 3.04 bits per heavy atom. The SMILES string of the molecule is CC(C)c1nccn1C1CCCN(C(=O)c2c[nH]c3ncccc23)C1. The fourth-order valence-corrected chi connectivity index (χ4v) is 3.75. The first-order valence-corrected chi connectivity index (χ1v) is 8.89. The van der Waals surface area contributed by atoms with E-state index in [-0.39, 0.29) is 5.91 Å². The van der Waals surface area contributed by atoms with Crippen LogP contribution in [0.2, 0.25) is 0 Å². The van der Waals surface area contributed by atoms with E-state index in [1.807, 2.05) is 29.4 Å². The topological polar surface area (TPSA) is 66.8 Å². The number of likely N-dealkylation sites (tertiary alicyclic amines) is 1. The Hall–Kier alpha value is -2.63. The molecule has 0 radical (unpaired) electrons. The third-order valence-corrected chi connectivity index (χ3v) is 4.97. The van der Waals surface area contributed by atoms with Crippen molar-refractivity contribution in [3.8, 4) is 0 Å². The van der Waals surface area contributed by atoms with E-state index >= 15 is 0 Å². The Balaban J connectivity index is 1.59. The minimum absolute atomic E-state index is 0.0789. The van der Waals surface area contributed by atoms with Gasteiger partial charge in [0, 0.05) is 49.2 Å². The summed E-state index contributed by atoms with van der Waals surface area (Å²) in [6, 6.07) is 4.10. The summed E-state index contributed by atoms with van der Waals surface area (Å²) in [5.74, 6) is 1.55. The van der Waals surface area contributed by atoms with E-state index in [0.29, 0.717) is 17.5 Å². The summed E-state index contributed by atoms with van der Waals surface area (Å²) in [6.45, 7) is 5.84. The molecule has 1 aliphatic rings. The van der Waals surface area contributed by atoms with E-state index in [1.165, 1.54) is 0 Å². The number of piperidine rings is 1. The van der Waals surface area contributed by atoms with Gasteiger partial charge in [-0.3, -0.25) is 4.79 Å². The van der Waals surface area contributed by atoms with Gasteiger partial charge >= 0.3 is 0 Å². The zero-order chi connectivity index (χ0) is 17.4. The highest BCUT2D eigenvalue weighted by atomic mass is 16.2. The smallest absolute Gasteiger partial charge is 0.256 e. The molecule has 4 rings (SSSR count). The molecule has 1 N–H and O–H groups in total. The monoisotopic (exact) mass is 337 g/mol. The molecule has 1 aliphatic heterocycles. The van der Waals surface area contributed by atoms with Crippen LogP contribution in [-0.4, -0.2) is 43.4 Å². The number of pyridine rings is 1. The van der Waals surface area contributed by atoms with Gasteiger partial charge in [0.25, 0.3) is 5.91 Å². The summed E-state index contributed by atoms with van der Waals surface area (Å²) in [7, 11) is 0. The Bertz CT molecular complexity index is 894. The van der Waals surface area contributed by atoms with Crippen LogP contribution in [0.4, 0.5) is 0 Å². The van der Waals surface area contributed by atoms with Gasteiger partial charge in [-0.1, -0.05) is 13.8 Å². The maximum atomic E-state index is 13.1. The van der Waals surface area contributed by atoms with Gasteiger partial charge in [0.1, 0.15) is 11.5 Å². The molecule has 25 heavy (non-hydrogen) atoms. The van der Waals surface area contributed by atoms with Gasteiger partial charge in [-0.25, -0.2) is 9.97 Å². The number of fused-ring (bicyclic) bond motifs is 1. The van der Waals surface area contributed by atoms with Crippen LogP contribution in [0.5, 0.6) is 0 Å². The number of hydrogen-bond donors (Lipinski definition) is 1. The molecular formula is C19H23N5O. The normalized spacial score (nSPS) is 18.2. The highest BCUT2D eigenvalue weighted by molar-refractivity contribution is 6.05. The summed E-state index contributed by atoms with van der Waals surface area (Å²) >= 11 is 0. The van der Waals surface area contributed by atoms with Gasteiger partial charge in [0.2, 0.25) is 0 Å². The largest absolute Gasteiger partial charge is 0.345 e. The quantitative estimate of drug-likeness (QED) is 0.797. The first-order valence-electron chi connectivity index (χ1n) is 8.89. The third kappa shape index (κ3) is 2.81. The van der Waals surface area contributed by atoms with Gasteiger partial charge in [0.15, 0.2) is 0 Å². The van der Waals surface area contributed by atoms with Crippen LogP contribution < -0.4 is 0 Å². The number of carbonyl (C=O) groups excluding carboxylic acids is 1. The molecule has 1 atom stereocenters. The van der Waals surface area contributed by atoms with Crippen molar-refractivity contribution in [2.45, 2.75) is 38.6 Å². The average Bonchev–Trinajstić information content (AvgIpc) is 3.28. The molecule has 1 amide bonds. The van der Waals surface area contributed by atoms with E-state index < -0.39 is 0 Å². The first-order chi connectivity index (χ1) is 12.1. The number of nitrogens with zero attached hydrogens (tertiary/aromatic N) is 4. The lowest BCUT2D eigenvalue weighted by atomic mass is 10.0. The molecule has 0 saturated carbocycles. The number of rotatable bonds is 3. The number of hydrogen-bond acceptors (Lipinski definition) is 3. The predicted molar refractivity (Wildman–Crippen MR) is 96.6 cm³/mol. The fourth-order valence-electron chi connectivity index (χ4n) is 3.75. The number of aromatic amines is 1. The van der Waals surface area contributed by atoms with E-state index in [9.17, 15) is 4.79 Å². The minimum Gasteiger partial charge on any atom is -0.345 e. The summed E-state index contributed by atoms with van der Waals surface area (Å²) in [4.78, 5) is 26.9. The number of imidazole rings is 1. The molecule has 1 saturated heterocycles. The van der Waals surface area contributed by atoms with Crippen LogP contribution in [0.3, 0.4) is 0 Å². The maximum Gasteiger partial charge on any atom is 0.256 e. The van der Waals surface area contributed by atoms with E-state index in [4.69, 9.17) is 0 Å². The Morgan fingerprint density at radius 2 is 2.20 bits per heavy atom. The number of amides is 1. The molecule has 3 aromatic rings. The molecule has 0 aliphatic carbocycles. The van der Waals surface area contributed by atoms with Crippen LogP contribution in [0.25, 0.3) is 11.0 Å². The van der Waals surface area contributed by atoms with Crippen LogP contribution in [-0.2, 0) is 0 Å².